The van der Waals surface area contributed by atoms with Gasteiger partial charge in [0.15, 0.2) is 5.13 Å². The number of amides is 1. The van der Waals surface area contributed by atoms with E-state index in [1.54, 1.807) is 19.1 Å². The Morgan fingerprint density at radius 3 is 2.75 bits per heavy atom. The van der Waals surface area contributed by atoms with E-state index in [0.717, 1.165) is 5.56 Å². The van der Waals surface area contributed by atoms with Crippen LogP contribution in [0.1, 0.15) is 26.5 Å². The molecular formula is C14H14N2O3S. The molecule has 0 aliphatic rings. The van der Waals surface area contributed by atoms with Crippen LogP contribution in [-0.2, 0) is 11.2 Å². The average Bonchev–Trinajstić information content (AvgIpc) is 2.68. The zero-order chi connectivity index (χ0) is 14.7. The molecular weight excluding hydrogens is 276 g/mol. The van der Waals surface area contributed by atoms with Gasteiger partial charge in [0, 0.05) is 10.4 Å². The van der Waals surface area contributed by atoms with Gasteiger partial charge in [-0.15, -0.1) is 11.3 Å². The molecule has 20 heavy (non-hydrogen) atoms. The molecule has 0 aliphatic heterocycles. The van der Waals surface area contributed by atoms with Crippen molar-refractivity contribution in [1.29, 1.82) is 0 Å². The standard InChI is InChI=1S/C14H14N2O3S/c1-8-4-3-5-10(6-8)13(19)16-14-15-9(2)11(20-14)7-12(17)18/h3-6H,7H2,1-2H3,(H,17,18)(H,15,16,19). The number of hydrogen-bond acceptors (Lipinski definition) is 4. The molecule has 0 saturated heterocycles. The Hall–Kier alpha value is -2.21. The number of aryl methyl sites for hydroxylation is 2. The van der Waals surface area contributed by atoms with Gasteiger partial charge in [0.2, 0.25) is 0 Å². The molecule has 0 saturated carbocycles. The van der Waals surface area contributed by atoms with Gasteiger partial charge in [0.05, 0.1) is 12.1 Å². The van der Waals surface area contributed by atoms with Crippen LogP contribution in [0.15, 0.2) is 24.3 Å². The van der Waals surface area contributed by atoms with Crippen LogP contribution < -0.4 is 5.32 Å². The van der Waals surface area contributed by atoms with Gasteiger partial charge >= 0.3 is 5.97 Å². The number of carbonyl (C=O) groups is 2. The lowest BCUT2D eigenvalue weighted by Gasteiger charge is -2.02. The second-order valence-electron chi connectivity index (χ2n) is 4.42. The summed E-state index contributed by atoms with van der Waals surface area (Å²) in [5.74, 6) is -1.15. The van der Waals surface area contributed by atoms with Crippen LogP contribution >= 0.6 is 11.3 Å². The van der Waals surface area contributed by atoms with Crippen LogP contribution in [0.3, 0.4) is 0 Å². The second kappa shape index (κ2) is 5.83. The summed E-state index contributed by atoms with van der Waals surface area (Å²) >= 11 is 1.19. The first-order valence-corrected chi connectivity index (χ1v) is 6.83. The molecule has 2 N–H and O–H groups in total. The fraction of sp³-hybridized carbons (Fsp3) is 0.214. The first-order chi connectivity index (χ1) is 9.45. The quantitative estimate of drug-likeness (QED) is 0.907. The smallest absolute Gasteiger partial charge is 0.308 e. The molecule has 0 aliphatic carbocycles. The van der Waals surface area contributed by atoms with Crippen LogP contribution in [0.25, 0.3) is 0 Å². The van der Waals surface area contributed by atoms with E-state index in [2.05, 4.69) is 10.3 Å². The Labute approximate surface area is 120 Å². The number of carboxylic acid groups (broad SMARTS) is 1. The molecule has 1 aromatic carbocycles. The Kier molecular flexibility index (Phi) is 4.14. The fourth-order valence-electron chi connectivity index (χ4n) is 1.74. The topological polar surface area (TPSA) is 79.3 Å². The van der Waals surface area contributed by atoms with Crippen molar-refractivity contribution >= 4 is 28.3 Å². The van der Waals surface area contributed by atoms with Crippen molar-refractivity contribution in [3.8, 4) is 0 Å². The molecule has 1 aromatic heterocycles. The van der Waals surface area contributed by atoms with Gasteiger partial charge in [-0.2, -0.15) is 0 Å². The molecule has 0 bridgehead atoms. The highest BCUT2D eigenvalue weighted by molar-refractivity contribution is 7.16. The molecule has 1 amide bonds. The van der Waals surface area contributed by atoms with E-state index in [0.29, 0.717) is 21.3 Å². The molecule has 5 nitrogen and oxygen atoms in total. The van der Waals surface area contributed by atoms with Gasteiger partial charge in [-0.05, 0) is 26.0 Å². The molecule has 0 unspecified atom stereocenters. The summed E-state index contributed by atoms with van der Waals surface area (Å²) in [5.41, 5.74) is 2.19. The number of benzene rings is 1. The first-order valence-electron chi connectivity index (χ1n) is 6.02. The fourth-order valence-corrected chi connectivity index (χ4v) is 2.69. The molecule has 2 aromatic rings. The summed E-state index contributed by atoms with van der Waals surface area (Å²) in [4.78, 5) is 27.6. The number of nitrogens with zero attached hydrogens (tertiary/aromatic N) is 1. The lowest BCUT2D eigenvalue weighted by atomic mass is 10.1. The van der Waals surface area contributed by atoms with E-state index in [-0.39, 0.29) is 12.3 Å². The van der Waals surface area contributed by atoms with E-state index in [1.165, 1.54) is 11.3 Å². The zero-order valence-corrected chi connectivity index (χ0v) is 12.0. The van der Waals surface area contributed by atoms with Gasteiger partial charge in [-0.1, -0.05) is 17.7 Å². The minimum Gasteiger partial charge on any atom is -0.481 e. The number of nitrogens with one attached hydrogen (secondary N) is 1. The number of carbonyl (C=O) groups excluding carboxylic acids is 1. The third-order valence-corrected chi connectivity index (χ3v) is 3.78. The van der Waals surface area contributed by atoms with Crippen LogP contribution in [0.2, 0.25) is 0 Å². The van der Waals surface area contributed by atoms with Crippen LogP contribution in [0, 0.1) is 13.8 Å². The van der Waals surface area contributed by atoms with Crippen molar-refractivity contribution in [2.45, 2.75) is 20.3 Å². The van der Waals surface area contributed by atoms with Crippen molar-refractivity contribution in [1.82, 2.24) is 4.98 Å². The first kappa shape index (κ1) is 14.2. The number of rotatable bonds is 4. The van der Waals surface area contributed by atoms with Crippen molar-refractivity contribution in [3.63, 3.8) is 0 Å². The molecule has 0 fully saturated rings. The number of thiazole rings is 1. The van der Waals surface area contributed by atoms with Crippen LogP contribution in [-0.4, -0.2) is 22.0 Å². The van der Waals surface area contributed by atoms with Gasteiger partial charge in [0.25, 0.3) is 5.91 Å². The predicted octanol–water partition coefficient (Wildman–Crippen LogP) is 2.64. The van der Waals surface area contributed by atoms with Crippen LogP contribution in [0.4, 0.5) is 5.13 Å². The Morgan fingerprint density at radius 1 is 1.35 bits per heavy atom. The van der Waals surface area contributed by atoms with Gasteiger partial charge in [-0.3, -0.25) is 14.9 Å². The lowest BCUT2D eigenvalue weighted by molar-refractivity contribution is -0.136. The maximum Gasteiger partial charge on any atom is 0.308 e. The molecule has 6 heteroatoms. The summed E-state index contributed by atoms with van der Waals surface area (Å²) in [6, 6.07) is 7.23. The summed E-state index contributed by atoms with van der Waals surface area (Å²) in [6.07, 6.45) is -0.0795. The molecule has 104 valence electrons. The number of aromatic nitrogens is 1. The van der Waals surface area contributed by atoms with Crippen LogP contribution in [0.5, 0.6) is 0 Å². The largest absolute Gasteiger partial charge is 0.481 e. The van der Waals surface area contributed by atoms with Gasteiger partial charge in [0.1, 0.15) is 0 Å². The van der Waals surface area contributed by atoms with Crippen molar-refractivity contribution in [3.05, 3.63) is 46.0 Å². The summed E-state index contributed by atoms with van der Waals surface area (Å²) < 4.78 is 0. The highest BCUT2D eigenvalue weighted by Crippen LogP contribution is 2.23. The third kappa shape index (κ3) is 3.42. The molecule has 0 atom stereocenters. The van der Waals surface area contributed by atoms with Gasteiger partial charge < -0.3 is 5.11 Å². The van der Waals surface area contributed by atoms with Gasteiger partial charge in [-0.25, -0.2) is 4.98 Å². The highest BCUT2D eigenvalue weighted by atomic mass is 32.1. The summed E-state index contributed by atoms with van der Waals surface area (Å²) in [5, 5.41) is 11.9. The lowest BCUT2D eigenvalue weighted by Crippen LogP contribution is -2.11. The van der Waals surface area contributed by atoms with E-state index < -0.39 is 5.97 Å². The predicted molar refractivity (Wildman–Crippen MR) is 77.3 cm³/mol. The zero-order valence-electron chi connectivity index (χ0n) is 11.1. The van der Waals surface area contributed by atoms with Crippen molar-refractivity contribution in [2.24, 2.45) is 0 Å². The molecule has 0 radical (unpaired) electrons. The normalized spacial score (nSPS) is 10.3. The molecule has 2 rings (SSSR count). The minimum atomic E-state index is -0.909. The maximum absolute atomic E-state index is 12.0. The number of aliphatic carboxylic acids is 1. The van der Waals surface area contributed by atoms with E-state index >= 15 is 0 Å². The SMILES string of the molecule is Cc1cccc(C(=O)Nc2nc(C)c(CC(=O)O)s2)c1. The van der Waals surface area contributed by atoms with Crippen molar-refractivity contribution < 1.29 is 14.7 Å². The number of carboxylic acids is 1. The summed E-state index contributed by atoms with van der Waals surface area (Å²) in [7, 11) is 0. The molecule has 0 spiro atoms. The Bertz CT molecular complexity index is 664. The summed E-state index contributed by atoms with van der Waals surface area (Å²) in [6.45, 7) is 3.65. The number of hydrogen-bond donors (Lipinski definition) is 2. The third-order valence-electron chi connectivity index (χ3n) is 2.71. The Morgan fingerprint density at radius 2 is 2.10 bits per heavy atom. The van der Waals surface area contributed by atoms with E-state index in [4.69, 9.17) is 5.11 Å². The number of anilines is 1. The second-order valence-corrected chi connectivity index (χ2v) is 5.51. The average molecular weight is 290 g/mol. The minimum absolute atomic E-state index is 0.0795. The maximum atomic E-state index is 12.0. The Balaban J connectivity index is 2.14. The monoisotopic (exact) mass is 290 g/mol. The van der Waals surface area contributed by atoms with E-state index in [1.807, 2.05) is 19.1 Å². The molecule has 1 heterocycles. The van der Waals surface area contributed by atoms with Crippen molar-refractivity contribution in [2.75, 3.05) is 5.32 Å². The highest BCUT2D eigenvalue weighted by Gasteiger charge is 2.13. The van der Waals surface area contributed by atoms with E-state index in [9.17, 15) is 9.59 Å².